The fraction of sp³-hybridized carbons (Fsp3) is 0.259. The first-order chi connectivity index (χ1) is 15.1. The lowest BCUT2D eigenvalue weighted by molar-refractivity contribution is -0.129. The maximum Gasteiger partial charge on any atom is 0.258 e. The summed E-state index contributed by atoms with van der Waals surface area (Å²) in [5, 5.41) is 0. The van der Waals surface area contributed by atoms with Crippen molar-refractivity contribution in [3.8, 4) is 0 Å². The topological polar surface area (TPSA) is 40.6 Å². The Morgan fingerprint density at radius 3 is 2.10 bits per heavy atom. The molecule has 1 aliphatic rings. The van der Waals surface area contributed by atoms with E-state index in [0.29, 0.717) is 18.5 Å². The van der Waals surface area contributed by atoms with Crippen LogP contribution in [0.1, 0.15) is 39.9 Å². The van der Waals surface area contributed by atoms with Crippen molar-refractivity contribution in [1.82, 2.24) is 4.90 Å². The highest BCUT2D eigenvalue weighted by Crippen LogP contribution is 2.22. The standard InChI is InChI=1S/C27H28N2O2/c1-21-9-13-24(14-10-21)27(31)29(20-23-7-3-2-4-8-23)25-15-11-22(12-16-25)19-26(30)28-17-5-6-18-28/h2-4,7-16H,5-6,17-20H2,1H3. The number of benzene rings is 3. The van der Waals surface area contributed by atoms with E-state index in [2.05, 4.69) is 0 Å². The van der Waals surface area contributed by atoms with E-state index < -0.39 is 0 Å². The lowest BCUT2D eigenvalue weighted by atomic mass is 10.1. The molecule has 3 aromatic rings. The maximum atomic E-state index is 13.4. The summed E-state index contributed by atoms with van der Waals surface area (Å²) in [6.07, 6.45) is 2.60. The van der Waals surface area contributed by atoms with E-state index in [9.17, 15) is 9.59 Å². The van der Waals surface area contributed by atoms with Crippen molar-refractivity contribution < 1.29 is 9.59 Å². The molecule has 4 nitrogen and oxygen atoms in total. The Morgan fingerprint density at radius 1 is 0.806 bits per heavy atom. The molecule has 0 unspecified atom stereocenters. The van der Waals surface area contributed by atoms with E-state index in [1.807, 2.05) is 90.7 Å². The first kappa shape index (κ1) is 20.9. The number of aryl methyl sites for hydroxylation is 1. The van der Waals surface area contributed by atoms with Crippen molar-refractivity contribution in [3.05, 3.63) is 101 Å². The van der Waals surface area contributed by atoms with Gasteiger partial charge in [-0.3, -0.25) is 9.59 Å². The minimum Gasteiger partial charge on any atom is -0.342 e. The number of amides is 2. The van der Waals surface area contributed by atoms with Crippen LogP contribution >= 0.6 is 0 Å². The van der Waals surface area contributed by atoms with Gasteiger partial charge in [0.1, 0.15) is 0 Å². The molecule has 1 aliphatic heterocycles. The van der Waals surface area contributed by atoms with Gasteiger partial charge in [0.25, 0.3) is 5.91 Å². The van der Waals surface area contributed by atoms with Gasteiger partial charge in [-0.15, -0.1) is 0 Å². The molecule has 0 aromatic heterocycles. The molecule has 1 heterocycles. The number of carbonyl (C=O) groups is 2. The average Bonchev–Trinajstić information content (AvgIpc) is 3.34. The first-order valence-corrected chi connectivity index (χ1v) is 10.9. The Bertz CT molecular complexity index is 1020. The maximum absolute atomic E-state index is 13.4. The summed E-state index contributed by atoms with van der Waals surface area (Å²) in [4.78, 5) is 29.6. The zero-order valence-electron chi connectivity index (χ0n) is 18.0. The molecule has 0 radical (unpaired) electrons. The van der Waals surface area contributed by atoms with Gasteiger partial charge in [-0.2, -0.15) is 0 Å². The third-order valence-electron chi connectivity index (χ3n) is 5.79. The fourth-order valence-electron chi connectivity index (χ4n) is 3.95. The fourth-order valence-corrected chi connectivity index (χ4v) is 3.95. The highest BCUT2D eigenvalue weighted by atomic mass is 16.2. The molecule has 0 atom stereocenters. The molecule has 0 spiro atoms. The van der Waals surface area contributed by atoms with Gasteiger partial charge < -0.3 is 9.80 Å². The summed E-state index contributed by atoms with van der Waals surface area (Å²) in [6, 6.07) is 25.5. The Morgan fingerprint density at radius 2 is 1.45 bits per heavy atom. The van der Waals surface area contributed by atoms with Crippen LogP contribution in [0.4, 0.5) is 5.69 Å². The second kappa shape index (κ2) is 9.61. The minimum atomic E-state index is -0.0373. The number of rotatable bonds is 6. The van der Waals surface area contributed by atoms with Crippen molar-refractivity contribution in [1.29, 1.82) is 0 Å². The van der Waals surface area contributed by atoms with Crippen LogP contribution in [0.25, 0.3) is 0 Å². The van der Waals surface area contributed by atoms with Gasteiger partial charge in [-0.1, -0.05) is 60.2 Å². The Kier molecular flexibility index (Phi) is 6.46. The Balaban J connectivity index is 1.56. The molecular formula is C27H28N2O2. The van der Waals surface area contributed by atoms with Gasteiger partial charge in [0.05, 0.1) is 13.0 Å². The van der Waals surface area contributed by atoms with E-state index in [1.165, 1.54) is 0 Å². The van der Waals surface area contributed by atoms with Crippen LogP contribution in [0.2, 0.25) is 0 Å². The van der Waals surface area contributed by atoms with E-state index >= 15 is 0 Å². The van der Waals surface area contributed by atoms with Crippen LogP contribution in [-0.4, -0.2) is 29.8 Å². The van der Waals surface area contributed by atoms with Crippen molar-refractivity contribution in [2.45, 2.75) is 32.7 Å². The van der Waals surface area contributed by atoms with Crippen LogP contribution in [0, 0.1) is 6.92 Å². The van der Waals surface area contributed by atoms with Crippen LogP contribution in [0.3, 0.4) is 0 Å². The molecular weight excluding hydrogens is 384 g/mol. The molecule has 0 bridgehead atoms. The van der Waals surface area contributed by atoms with Crippen molar-refractivity contribution in [3.63, 3.8) is 0 Å². The molecule has 0 aliphatic carbocycles. The molecule has 1 saturated heterocycles. The van der Waals surface area contributed by atoms with E-state index in [0.717, 1.165) is 48.3 Å². The molecule has 158 valence electrons. The molecule has 0 saturated carbocycles. The second-order valence-corrected chi connectivity index (χ2v) is 8.17. The molecule has 2 amide bonds. The van der Waals surface area contributed by atoms with Crippen LogP contribution in [0.15, 0.2) is 78.9 Å². The summed E-state index contributed by atoms with van der Waals surface area (Å²) in [7, 11) is 0. The van der Waals surface area contributed by atoms with Crippen LogP contribution in [0.5, 0.6) is 0 Å². The lowest BCUT2D eigenvalue weighted by Crippen LogP contribution is -2.30. The van der Waals surface area contributed by atoms with Crippen molar-refractivity contribution in [2.24, 2.45) is 0 Å². The van der Waals surface area contributed by atoms with Gasteiger partial charge in [-0.05, 0) is 55.2 Å². The molecule has 4 heteroatoms. The smallest absolute Gasteiger partial charge is 0.258 e. The third kappa shape index (κ3) is 5.21. The van der Waals surface area contributed by atoms with Crippen molar-refractivity contribution >= 4 is 17.5 Å². The van der Waals surface area contributed by atoms with Crippen LogP contribution < -0.4 is 4.90 Å². The van der Waals surface area contributed by atoms with Gasteiger partial charge in [0.2, 0.25) is 5.91 Å². The first-order valence-electron chi connectivity index (χ1n) is 10.9. The lowest BCUT2D eigenvalue weighted by Gasteiger charge is -2.24. The van der Waals surface area contributed by atoms with Gasteiger partial charge in [0, 0.05) is 24.3 Å². The normalized spacial score (nSPS) is 13.3. The predicted octanol–water partition coefficient (Wildman–Crippen LogP) is 5.01. The summed E-state index contributed by atoms with van der Waals surface area (Å²) in [5.74, 6) is 0.145. The number of nitrogens with zero attached hydrogens (tertiary/aromatic N) is 2. The zero-order valence-corrected chi connectivity index (χ0v) is 18.0. The van der Waals surface area contributed by atoms with Gasteiger partial charge in [-0.25, -0.2) is 0 Å². The summed E-state index contributed by atoms with van der Waals surface area (Å²) in [6.45, 7) is 4.23. The SMILES string of the molecule is Cc1ccc(C(=O)N(Cc2ccccc2)c2ccc(CC(=O)N3CCCC3)cc2)cc1. The second-order valence-electron chi connectivity index (χ2n) is 8.17. The Labute approximate surface area is 184 Å². The van der Waals surface area contributed by atoms with Crippen LogP contribution in [-0.2, 0) is 17.8 Å². The molecule has 3 aromatic carbocycles. The van der Waals surface area contributed by atoms with E-state index in [4.69, 9.17) is 0 Å². The zero-order chi connectivity index (χ0) is 21.6. The molecule has 0 N–H and O–H groups in total. The number of carbonyl (C=O) groups excluding carboxylic acids is 2. The van der Waals surface area contributed by atoms with Gasteiger partial charge >= 0.3 is 0 Å². The molecule has 4 rings (SSSR count). The highest BCUT2D eigenvalue weighted by Gasteiger charge is 2.20. The van der Waals surface area contributed by atoms with Crippen molar-refractivity contribution in [2.75, 3.05) is 18.0 Å². The monoisotopic (exact) mass is 412 g/mol. The van der Waals surface area contributed by atoms with E-state index in [-0.39, 0.29) is 11.8 Å². The molecule has 31 heavy (non-hydrogen) atoms. The summed E-state index contributed by atoms with van der Waals surface area (Å²) in [5.41, 5.74) is 4.65. The predicted molar refractivity (Wildman–Crippen MR) is 124 cm³/mol. The quantitative estimate of drug-likeness (QED) is 0.571. The Hall–Kier alpha value is -3.40. The highest BCUT2D eigenvalue weighted by molar-refractivity contribution is 6.06. The minimum absolute atomic E-state index is 0.0373. The number of anilines is 1. The summed E-state index contributed by atoms with van der Waals surface area (Å²) >= 11 is 0. The largest absolute Gasteiger partial charge is 0.342 e. The number of hydrogen-bond donors (Lipinski definition) is 0. The average molecular weight is 413 g/mol. The summed E-state index contributed by atoms with van der Waals surface area (Å²) < 4.78 is 0. The van der Waals surface area contributed by atoms with Gasteiger partial charge in [0.15, 0.2) is 0 Å². The number of likely N-dealkylation sites (tertiary alicyclic amines) is 1. The third-order valence-corrected chi connectivity index (χ3v) is 5.79. The van der Waals surface area contributed by atoms with E-state index in [1.54, 1.807) is 4.90 Å². The number of hydrogen-bond acceptors (Lipinski definition) is 2. The molecule has 1 fully saturated rings.